The van der Waals surface area contributed by atoms with Gasteiger partial charge in [0, 0.05) is 19.5 Å². The fourth-order valence-electron chi connectivity index (χ4n) is 2.97. The van der Waals surface area contributed by atoms with Crippen molar-refractivity contribution in [3.05, 3.63) is 59.7 Å². The van der Waals surface area contributed by atoms with E-state index in [0.717, 1.165) is 18.2 Å². The van der Waals surface area contributed by atoms with Gasteiger partial charge in [0.05, 0.1) is 21.4 Å². The molecule has 5 nitrogen and oxygen atoms in total. The van der Waals surface area contributed by atoms with Gasteiger partial charge in [-0.25, -0.2) is 12.8 Å². The Labute approximate surface area is 165 Å². The van der Waals surface area contributed by atoms with E-state index in [1.165, 1.54) is 24.3 Å². The molecule has 0 radical (unpaired) electrons. The number of benzene rings is 2. The predicted octanol–water partition coefficient (Wildman–Crippen LogP) is 2.85. The molecule has 1 aliphatic heterocycles. The monoisotopic (exact) mass is 430 g/mol. The first kappa shape index (κ1) is 21.3. The molecule has 10 heteroatoms. The zero-order valence-electron chi connectivity index (χ0n) is 15.0. The van der Waals surface area contributed by atoms with Gasteiger partial charge in [0.25, 0.3) is 0 Å². The molecule has 0 unspecified atom stereocenters. The third-order valence-electron chi connectivity index (χ3n) is 4.57. The van der Waals surface area contributed by atoms with Crippen LogP contribution in [0.5, 0.6) is 0 Å². The van der Waals surface area contributed by atoms with E-state index in [1.807, 2.05) is 0 Å². The molecular formula is C19H18F4N2O3S. The Morgan fingerprint density at radius 2 is 1.79 bits per heavy atom. The van der Waals surface area contributed by atoms with Gasteiger partial charge >= 0.3 is 6.18 Å². The molecule has 0 aliphatic carbocycles. The van der Waals surface area contributed by atoms with Crippen LogP contribution < -0.4 is 10.6 Å². The molecule has 2 aromatic rings. The highest BCUT2D eigenvalue weighted by atomic mass is 32.2. The van der Waals surface area contributed by atoms with Crippen LogP contribution in [-0.2, 0) is 27.4 Å². The van der Waals surface area contributed by atoms with Crippen molar-refractivity contribution >= 4 is 15.7 Å². The van der Waals surface area contributed by atoms with Gasteiger partial charge in [-0.05, 0) is 35.9 Å². The molecule has 1 heterocycles. The summed E-state index contributed by atoms with van der Waals surface area (Å²) < 4.78 is 76.9. The topological polar surface area (TPSA) is 75.3 Å². The quantitative estimate of drug-likeness (QED) is 0.716. The standard InChI is InChI=1S/C19H18F4N2O3S/c20-14-9-17(24-11-14)18(26)25-10-12-4-6-15(7-5-12)29(27,28)16-3-1-2-13(8-16)19(21,22)23/h1-8,14,17,24H,9-11H2,(H,25,26)/t14-,17+/m1/s1. The first-order valence-electron chi connectivity index (χ1n) is 8.74. The van der Waals surface area contributed by atoms with Crippen LogP contribution in [0.25, 0.3) is 0 Å². The lowest BCUT2D eigenvalue weighted by Gasteiger charge is -2.12. The van der Waals surface area contributed by atoms with Crippen LogP contribution in [0.1, 0.15) is 17.5 Å². The van der Waals surface area contributed by atoms with Gasteiger partial charge in [-0.2, -0.15) is 13.2 Å². The summed E-state index contributed by atoms with van der Waals surface area (Å²) in [4.78, 5) is 11.3. The second kappa shape index (κ2) is 8.11. The smallest absolute Gasteiger partial charge is 0.351 e. The molecule has 2 N–H and O–H groups in total. The molecule has 3 rings (SSSR count). The lowest BCUT2D eigenvalue weighted by atomic mass is 10.2. The maximum Gasteiger partial charge on any atom is 0.416 e. The fourth-order valence-corrected chi connectivity index (χ4v) is 4.27. The van der Waals surface area contributed by atoms with Crippen molar-refractivity contribution in [3.63, 3.8) is 0 Å². The maximum absolute atomic E-state index is 13.1. The molecule has 1 amide bonds. The zero-order valence-corrected chi connectivity index (χ0v) is 15.9. The number of halogens is 4. The second-order valence-corrected chi connectivity index (χ2v) is 8.63. The molecule has 0 aromatic heterocycles. The average molecular weight is 430 g/mol. The number of carbonyl (C=O) groups is 1. The molecule has 1 fully saturated rings. The highest BCUT2D eigenvalue weighted by Crippen LogP contribution is 2.32. The van der Waals surface area contributed by atoms with E-state index in [9.17, 15) is 30.8 Å². The molecule has 1 aliphatic rings. The Morgan fingerprint density at radius 3 is 2.38 bits per heavy atom. The van der Waals surface area contributed by atoms with Crippen LogP contribution in [-0.4, -0.2) is 33.1 Å². The van der Waals surface area contributed by atoms with Crippen molar-refractivity contribution < 1.29 is 30.8 Å². The van der Waals surface area contributed by atoms with E-state index in [2.05, 4.69) is 10.6 Å². The summed E-state index contributed by atoms with van der Waals surface area (Å²) in [6.07, 6.45) is -5.62. The Bertz CT molecular complexity index is 991. The lowest BCUT2D eigenvalue weighted by molar-refractivity contribution is -0.137. The normalized spacial score (nSPS) is 19.9. The van der Waals surface area contributed by atoms with Crippen molar-refractivity contribution in [1.82, 2.24) is 10.6 Å². The minimum absolute atomic E-state index is 0.0972. The Kier molecular flexibility index (Phi) is 5.95. The highest BCUT2D eigenvalue weighted by molar-refractivity contribution is 7.91. The Balaban J connectivity index is 1.70. The number of hydrogen-bond donors (Lipinski definition) is 2. The van der Waals surface area contributed by atoms with Gasteiger partial charge in [-0.15, -0.1) is 0 Å². The van der Waals surface area contributed by atoms with E-state index >= 15 is 0 Å². The zero-order chi connectivity index (χ0) is 21.2. The van der Waals surface area contributed by atoms with Crippen LogP contribution in [0.4, 0.5) is 17.6 Å². The van der Waals surface area contributed by atoms with E-state index in [-0.39, 0.29) is 30.3 Å². The van der Waals surface area contributed by atoms with Crippen LogP contribution in [0, 0.1) is 0 Å². The maximum atomic E-state index is 13.1. The van der Waals surface area contributed by atoms with E-state index in [4.69, 9.17) is 0 Å². The minimum atomic E-state index is -4.65. The van der Waals surface area contributed by atoms with Gasteiger partial charge < -0.3 is 10.6 Å². The van der Waals surface area contributed by atoms with Crippen molar-refractivity contribution in [2.75, 3.05) is 6.54 Å². The summed E-state index contributed by atoms with van der Waals surface area (Å²) in [6, 6.07) is 8.38. The SMILES string of the molecule is O=C(NCc1ccc(S(=O)(=O)c2cccc(C(F)(F)F)c2)cc1)[C@@H]1C[C@@H](F)CN1. The highest BCUT2D eigenvalue weighted by Gasteiger charge is 2.32. The Morgan fingerprint density at radius 1 is 1.10 bits per heavy atom. The molecule has 156 valence electrons. The van der Waals surface area contributed by atoms with Gasteiger partial charge in [-0.3, -0.25) is 4.79 Å². The van der Waals surface area contributed by atoms with Gasteiger partial charge in [0.15, 0.2) is 0 Å². The van der Waals surface area contributed by atoms with Crippen molar-refractivity contribution in [2.24, 2.45) is 0 Å². The van der Waals surface area contributed by atoms with Crippen LogP contribution in [0.3, 0.4) is 0 Å². The van der Waals surface area contributed by atoms with E-state index < -0.39 is 38.7 Å². The van der Waals surface area contributed by atoms with Gasteiger partial charge in [0.1, 0.15) is 6.17 Å². The van der Waals surface area contributed by atoms with Crippen LogP contribution in [0.2, 0.25) is 0 Å². The molecule has 2 atom stereocenters. The molecule has 2 aromatic carbocycles. The van der Waals surface area contributed by atoms with Gasteiger partial charge in [0.2, 0.25) is 15.7 Å². The number of nitrogens with one attached hydrogen (secondary N) is 2. The number of sulfone groups is 1. The third kappa shape index (κ3) is 4.94. The minimum Gasteiger partial charge on any atom is -0.351 e. The predicted molar refractivity (Wildman–Crippen MR) is 96.5 cm³/mol. The van der Waals surface area contributed by atoms with Crippen LogP contribution in [0.15, 0.2) is 58.3 Å². The van der Waals surface area contributed by atoms with Crippen molar-refractivity contribution in [1.29, 1.82) is 0 Å². The molecule has 29 heavy (non-hydrogen) atoms. The molecule has 0 bridgehead atoms. The van der Waals surface area contributed by atoms with E-state index in [0.29, 0.717) is 11.6 Å². The lowest BCUT2D eigenvalue weighted by Crippen LogP contribution is -2.39. The summed E-state index contributed by atoms with van der Waals surface area (Å²) in [7, 11) is -4.13. The van der Waals surface area contributed by atoms with E-state index in [1.54, 1.807) is 0 Å². The van der Waals surface area contributed by atoms with Crippen molar-refractivity contribution in [3.8, 4) is 0 Å². The molecular weight excluding hydrogens is 412 g/mol. The summed E-state index contributed by atoms with van der Waals surface area (Å²) >= 11 is 0. The second-order valence-electron chi connectivity index (χ2n) is 6.68. The average Bonchev–Trinajstić information content (AvgIpc) is 3.12. The number of hydrogen-bond acceptors (Lipinski definition) is 4. The van der Waals surface area contributed by atoms with Crippen LogP contribution >= 0.6 is 0 Å². The van der Waals surface area contributed by atoms with Crippen molar-refractivity contribution in [2.45, 2.75) is 41.1 Å². The number of rotatable bonds is 5. The summed E-state index contributed by atoms with van der Waals surface area (Å²) in [5.41, 5.74) is -0.454. The number of carbonyl (C=O) groups excluding carboxylic acids is 1. The fraction of sp³-hybridized carbons (Fsp3) is 0.316. The molecule has 0 spiro atoms. The Hall–Kier alpha value is -2.46. The number of amides is 1. The molecule has 1 saturated heterocycles. The number of alkyl halides is 4. The largest absolute Gasteiger partial charge is 0.416 e. The summed E-state index contributed by atoms with van der Waals surface area (Å²) in [5, 5.41) is 5.39. The third-order valence-corrected chi connectivity index (χ3v) is 6.33. The summed E-state index contributed by atoms with van der Waals surface area (Å²) in [6.45, 7) is 0.234. The summed E-state index contributed by atoms with van der Waals surface area (Å²) in [5.74, 6) is -0.356. The molecule has 0 saturated carbocycles. The first-order valence-corrected chi connectivity index (χ1v) is 10.2. The first-order chi connectivity index (χ1) is 13.6. The van der Waals surface area contributed by atoms with Gasteiger partial charge in [-0.1, -0.05) is 18.2 Å².